The van der Waals surface area contributed by atoms with Crippen molar-refractivity contribution in [3.63, 3.8) is 0 Å². The molecule has 0 spiro atoms. The van der Waals surface area contributed by atoms with Gasteiger partial charge in [-0.05, 0) is 18.6 Å². The van der Waals surface area contributed by atoms with E-state index in [1.54, 1.807) is 18.3 Å². The van der Waals surface area contributed by atoms with E-state index in [1.165, 1.54) is 6.20 Å². The topological polar surface area (TPSA) is 79.3 Å². The van der Waals surface area contributed by atoms with Crippen molar-refractivity contribution < 1.29 is 14.7 Å². The summed E-state index contributed by atoms with van der Waals surface area (Å²) >= 11 is 0. The van der Waals surface area contributed by atoms with E-state index >= 15 is 0 Å². The molecule has 5 heteroatoms. The summed E-state index contributed by atoms with van der Waals surface area (Å²) in [5, 5.41) is 11.3. The fourth-order valence-electron chi connectivity index (χ4n) is 1.28. The van der Waals surface area contributed by atoms with E-state index < -0.39 is 17.9 Å². The normalized spacial score (nSPS) is 11.8. The second kappa shape index (κ2) is 5.85. The molecule has 0 aliphatic carbocycles. The Kier molecular flexibility index (Phi) is 4.44. The average Bonchev–Trinajstić information content (AvgIpc) is 2.29. The van der Waals surface area contributed by atoms with E-state index in [0.29, 0.717) is 18.4 Å². The summed E-state index contributed by atoms with van der Waals surface area (Å²) < 4.78 is 0. The van der Waals surface area contributed by atoms with Gasteiger partial charge in [-0.25, -0.2) is 4.79 Å². The van der Waals surface area contributed by atoms with Crippen LogP contribution < -0.4 is 5.32 Å². The Morgan fingerprint density at radius 2 is 2.31 bits per heavy atom. The molecule has 2 N–H and O–H groups in total. The average molecular weight is 222 g/mol. The molecule has 1 heterocycles. The SMILES string of the molecule is CCC[C@@H](NC(=O)c1cccnc1)C(=O)O. The first-order valence-electron chi connectivity index (χ1n) is 5.08. The van der Waals surface area contributed by atoms with Crippen LogP contribution in [-0.2, 0) is 4.79 Å². The molecule has 0 aliphatic rings. The molecule has 0 fully saturated rings. The maximum Gasteiger partial charge on any atom is 0.326 e. The zero-order chi connectivity index (χ0) is 12.0. The van der Waals surface area contributed by atoms with Crippen molar-refractivity contribution >= 4 is 11.9 Å². The maximum absolute atomic E-state index is 11.6. The Morgan fingerprint density at radius 1 is 1.56 bits per heavy atom. The zero-order valence-corrected chi connectivity index (χ0v) is 9.01. The Morgan fingerprint density at radius 3 is 2.81 bits per heavy atom. The maximum atomic E-state index is 11.6. The monoisotopic (exact) mass is 222 g/mol. The highest BCUT2D eigenvalue weighted by atomic mass is 16.4. The summed E-state index contributed by atoms with van der Waals surface area (Å²) in [5.41, 5.74) is 0.366. The summed E-state index contributed by atoms with van der Waals surface area (Å²) in [5.74, 6) is -1.42. The second-order valence-corrected chi connectivity index (χ2v) is 3.39. The molecule has 0 radical (unpaired) electrons. The fraction of sp³-hybridized carbons (Fsp3) is 0.364. The quantitative estimate of drug-likeness (QED) is 0.780. The molecule has 16 heavy (non-hydrogen) atoms. The van der Waals surface area contributed by atoms with Crippen molar-refractivity contribution in [2.45, 2.75) is 25.8 Å². The van der Waals surface area contributed by atoms with Crippen molar-refractivity contribution in [1.29, 1.82) is 0 Å². The molecule has 1 atom stereocenters. The number of amides is 1. The van der Waals surface area contributed by atoms with Crippen molar-refractivity contribution in [3.8, 4) is 0 Å². The molecule has 0 saturated carbocycles. The molecule has 0 aliphatic heterocycles. The summed E-state index contributed by atoms with van der Waals surface area (Å²) in [6.45, 7) is 1.87. The van der Waals surface area contributed by atoms with Gasteiger partial charge < -0.3 is 10.4 Å². The third kappa shape index (κ3) is 3.34. The van der Waals surface area contributed by atoms with Crippen LogP contribution in [0.2, 0.25) is 0 Å². The lowest BCUT2D eigenvalue weighted by Gasteiger charge is -2.13. The molecular weight excluding hydrogens is 208 g/mol. The zero-order valence-electron chi connectivity index (χ0n) is 9.01. The van der Waals surface area contributed by atoms with Crippen LogP contribution in [0.15, 0.2) is 24.5 Å². The minimum absolute atomic E-state index is 0.366. The first kappa shape index (κ1) is 12.2. The van der Waals surface area contributed by atoms with Gasteiger partial charge in [0.1, 0.15) is 6.04 Å². The lowest BCUT2D eigenvalue weighted by atomic mass is 10.1. The number of carbonyl (C=O) groups is 2. The highest BCUT2D eigenvalue weighted by Crippen LogP contribution is 2.01. The number of carboxylic acid groups (broad SMARTS) is 1. The lowest BCUT2D eigenvalue weighted by Crippen LogP contribution is -2.40. The van der Waals surface area contributed by atoms with E-state index in [9.17, 15) is 9.59 Å². The predicted octanol–water partition coefficient (Wildman–Crippen LogP) is 1.06. The van der Waals surface area contributed by atoms with Crippen LogP contribution in [0.4, 0.5) is 0 Å². The molecule has 0 unspecified atom stereocenters. The summed E-state index contributed by atoms with van der Waals surface area (Å²) in [6.07, 6.45) is 4.07. The van der Waals surface area contributed by atoms with Crippen LogP contribution in [0.3, 0.4) is 0 Å². The number of carboxylic acids is 1. The van der Waals surface area contributed by atoms with Gasteiger partial charge in [-0.3, -0.25) is 9.78 Å². The summed E-state index contributed by atoms with van der Waals surface area (Å²) in [7, 11) is 0. The van der Waals surface area contributed by atoms with Crippen molar-refractivity contribution in [1.82, 2.24) is 10.3 Å². The Hall–Kier alpha value is -1.91. The van der Waals surface area contributed by atoms with Crippen LogP contribution in [-0.4, -0.2) is 28.0 Å². The highest BCUT2D eigenvalue weighted by molar-refractivity contribution is 5.96. The molecule has 0 aromatic carbocycles. The first-order chi connectivity index (χ1) is 7.65. The standard InChI is InChI=1S/C11H14N2O3/c1-2-4-9(11(15)16)13-10(14)8-5-3-6-12-7-8/h3,5-7,9H,2,4H2,1H3,(H,13,14)(H,15,16)/t9-/m1/s1. The highest BCUT2D eigenvalue weighted by Gasteiger charge is 2.19. The van der Waals surface area contributed by atoms with E-state index in [-0.39, 0.29) is 0 Å². The van der Waals surface area contributed by atoms with Gasteiger partial charge in [0.25, 0.3) is 5.91 Å². The molecule has 1 aromatic rings. The molecule has 1 amide bonds. The van der Waals surface area contributed by atoms with Crippen LogP contribution >= 0.6 is 0 Å². The van der Waals surface area contributed by atoms with Crippen molar-refractivity contribution in [2.24, 2.45) is 0 Å². The second-order valence-electron chi connectivity index (χ2n) is 3.39. The number of nitrogens with one attached hydrogen (secondary N) is 1. The van der Waals surface area contributed by atoms with Crippen molar-refractivity contribution in [2.75, 3.05) is 0 Å². The van der Waals surface area contributed by atoms with Gasteiger partial charge in [-0.15, -0.1) is 0 Å². The number of nitrogens with zero attached hydrogens (tertiary/aromatic N) is 1. The molecule has 0 bridgehead atoms. The van der Waals surface area contributed by atoms with E-state index in [0.717, 1.165) is 0 Å². The van der Waals surface area contributed by atoms with Crippen molar-refractivity contribution in [3.05, 3.63) is 30.1 Å². The lowest BCUT2D eigenvalue weighted by molar-refractivity contribution is -0.139. The summed E-state index contributed by atoms with van der Waals surface area (Å²) in [6, 6.07) is 2.38. The Balaban J connectivity index is 2.65. The van der Waals surface area contributed by atoms with Gasteiger partial charge in [0.15, 0.2) is 0 Å². The molecule has 0 saturated heterocycles. The number of rotatable bonds is 5. The minimum Gasteiger partial charge on any atom is -0.480 e. The van der Waals surface area contributed by atoms with Gasteiger partial charge in [0, 0.05) is 12.4 Å². The Labute approximate surface area is 93.5 Å². The van der Waals surface area contributed by atoms with E-state index in [4.69, 9.17) is 5.11 Å². The van der Waals surface area contributed by atoms with Gasteiger partial charge in [0.2, 0.25) is 0 Å². The predicted molar refractivity (Wildman–Crippen MR) is 58.0 cm³/mol. The van der Waals surface area contributed by atoms with Gasteiger partial charge in [-0.2, -0.15) is 0 Å². The molecular formula is C11H14N2O3. The molecule has 5 nitrogen and oxygen atoms in total. The van der Waals surface area contributed by atoms with E-state index in [2.05, 4.69) is 10.3 Å². The fourth-order valence-corrected chi connectivity index (χ4v) is 1.28. The summed E-state index contributed by atoms with van der Waals surface area (Å²) in [4.78, 5) is 26.2. The largest absolute Gasteiger partial charge is 0.480 e. The molecule has 1 rings (SSSR count). The number of aliphatic carboxylic acids is 1. The van der Waals surface area contributed by atoms with Crippen LogP contribution in [0.25, 0.3) is 0 Å². The van der Waals surface area contributed by atoms with Gasteiger partial charge >= 0.3 is 5.97 Å². The number of aromatic nitrogens is 1. The number of hydrogen-bond acceptors (Lipinski definition) is 3. The minimum atomic E-state index is -1.01. The Bertz CT molecular complexity index is 365. The number of hydrogen-bond donors (Lipinski definition) is 2. The van der Waals surface area contributed by atoms with Gasteiger partial charge in [-0.1, -0.05) is 13.3 Å². The third-order valence-corrected chi connectivity index (χ3v) is 2.10. The first-order valence-corrected chi connectivity index (χ1v) is 5.08. The van der Waals surface area contributed by atoms with Crippen LogP contribution in [0.5, 0.6) is 0 Å². The smallest absolute Gasteiger partial charge is 0.326 e. The molecule has 1 aromatic heterocycles. The van der Waals surface area contributed by atoms with Gasteiger partial charge in [0.05, 0.1) is 5.56 Å². The molecule has 86 valence electrons. The van der Waals surface area contributed by atoms with Crippen LogP contribution in [0, 0.1) is 0 Å². The van der Waals surface area contributed by atoms with Crippen LogP contribution in [0.1, 0.15) is 30.1 Å². The third-order valence-electron chi connectivity index (χ3n) is 2.10. The van der Waals surface area contributed by atoms with E-state index in [1.807, 2.05) is 6.92 Å². The number of carbonyl (C=O) groups excluding carboxylic acids is 1. The number of pyridine rings is 1.